The van der Waals surface area contributed by atoms with Crippen LogP contribution in [0.4, 0.5) is 5.82 Å². The fourth-order valence-corrected chi connectivity index (χ4v) is 2.16. The van der Waals surface area contributed by atoms with Crippen molar-refractivity contribution in [2.24, 2.45) is 0 Å². The number of methoxy groups -OCH3 is 2. The molecule has 0 bridgehead atoms. The first kappa shape index (κ1) is 13.2. The van der Waals surface area contributed by atoms with Gasteiger partial charge in [-0.05, 0) is 30.3 Å². The minimum Gasteiger partial charge on any atom is -0.497 e. The number of benzene rings is 1. The molecule has 21 heavy (non-hydrogen) atoms. The average molecular weight is 284 g/mol. The molecule has 0 aliphatic carbocycles. The van der Waals surface area contributed by atoms with Gasteiger partial charge in [0.1, 0.15) is 23.1 Å². The van der Waals surface area contributed by atoms with Crippen LogP contribution in [0.3, 0.4) is 0 Å². The van der Waals surface area contributed by atoms with E-state index in [1.54, 1.807) is 14.2 Å². The molecule has 0 radical (unpaired) electrons. The average Bonchev–Trinajstić information content (AvgIpc) is 2.96. The second kappa shape index (κ2) is 5.32. The maximum Gasteiger partial charge on any atom is 0.180 e. The van der Waals surface area contributed by atoms with Gasteiger partial charge >= 0.3 is 0 Å². The molecule has 0 unspecified atom stereocenters. The maximum atomic E-state index is 5.39. The van der Waals surface area contributed by atoms with Gasteiger partial charge in [-0.2, -0.15) is 0 Å². The summed E-state index contributed by atoms with van der Waals surface area (Å²) in [6.45, 7) is 0. The van der Waals surface area contributed by atoms with E-state index in [9.17, 15) is 0 Å². The van der Waals surface area contributed by atoms with Crippen LogP contribution in [0.1, 0.15) is 0 Å². The van der Waals surface area contributed by atoms with Crippen molar-refractivity contribution in [1.82, 2.24) is 15.0 Å². The standard InChI is InChI=1S/C15H16N4O2/c1-16-13-7-5-11-15(18-13)19-14(17-11)10-8-9(20-2)4-6-12(10)21-3/h4-8H,1-3H3,(H2,16,17,18,19). The van der Waals surface area contributed by atoms with Crippen LogP contribution in [0.15, 0.2) is 30.3 Å². The van der Waals surface area contributed by atoms with E-state index >= 15 is 0 Å². The molecule has 6 nitrogen and oxygen atoms in total. The van der Waals surface area contributed by atoms with E-state index in [-0.39, 0.29) is 0 Å². The summed E-state index contributed by atoms with van der Waals surface area (Å²) in [5.41, 5.74) is 2.36. The molecule has 6 heteroatoms. The fraction of sp³-hybridized carbons (Fsp3) is 0.200. The third kappa shape index (κ3) is 2.35. The molecule has 2 heterocycles. The van der Waals surface area contributed by atoms with Crippen molar-refractivity contribution in [2.75, 3.05) is 26.6 Å². The number of nitrogens with one attached hydrogen (secondary N) is 2. The Balaban J connectivity index is 2.15. The number of aromatic nitrogens is 3. The number of ether oxygens (including phenoxy) is 2. The number of nitrogens with zero attached hydrogens (tertiary/aromatic N) is 2. The minimum absolute atomic E-state index is 0.654. The molecule has 0 fully saturated rings. The highest BCUT2D eigenvalue weighted by Gasteiger charge is 2.13. The Bertz CT molecular complexity index is 782. The Morgan fingerprint density at radius 1 is 1.05 bits per heavy atom. The van der Waals surface area contributed by atoms with Gasteiger partial charge in [-0.1, -0.05) is 0 Å². The topological polar surface area (TPSA) is 72.1 Å². The van der Waals surface area contributed by atoms with Gasteiger partial charge in [0.05, 0.1) is 25.3 Å². The lowest BCUT2D eigenvalue weighted by Crippen LogP contribution is -1.92. The Morgan fingerprint density at radius 3 is 2.62 bits per heavy atom. The quantitative estimate of drug-likeness (QED) is 0.770. The number of fused-ring (bicyclic) bond motifs is 1. The zero-order valence-corrected chi connectivity index (χ0v) is 12.1. The monoisotopic (exact) mass is 284 g/mol. The number of aromatic amines is 1. The van der Waals surface area contributed by atoms with Crippen LogP contribution >= 0.6 is 0 Å². The summed E-state index contributed by atoms with van der Waals surface area (Å²) in [4.78, 5) is 12.2. The summed E-state index contributed by atoms with van der Waals surface area (Å²) in [5.74, 6) is 2.94. The summed E-state index contributed by atoms with van der Waals surface area (Å²) in [6, 6.07) is 9.43. The molecule has 0 aliphatic rings. The van der Waals surface area contributed by atoms with E-state index in [0.717, 1.165) is 28.4 Å². The Hall–Kier alpha value is -2.76. The van der Waals surface area contributed by atoms with Crippen molar-refractivity contribution in [1.29, 1.82) is 0 Å². The van der Waals surface area contributed by atoms with Crippen LogP contribution in [0.5, 0.6) is 11.5 Å². The molecule has 3 aromatic rings. The first-order chi connectivity index (χ1) is 10.2. The van der Waals surface area contributed by atoms with Crippen LogP contribution in [-0.2, 0) is 0 Å². The van der Waals surface area contributed by atoms with Gasteiger partial charge < -0.3 is 19.8 Å². The number of H-pyrrole nitrogens is 1. The van der Waals surface area contributed by atoms with Crippen molar-refractivity contribution in [3.63, 3.8) is 0 Å². The second-order valence-electron chi connectivity index (χ2n) is 4.47. The molecule has 0 spiro atoms. The molecule has 2 aromatic heterocycles. The lowest BCUT2D eigenvalue weighted by atomic mass is 10.2. The van der Waals surface area contributed by atoms with Gasteiger partial charge in [0.2, 0.25) is 0 Å². The molecule has 1 aromatic carbocycles. The van der Waals surface area contributed by atoms with Gasteiger partial charge in [0, 0.05) is 7.05 Å². The zero-order valence-electron chi connectivity index (χ0n) is 12.1. The van der Waals surface area contributed by atoms with Crippen molar-refractivity contribution in [3.05, 3.63) is 30.3 Å². The summed E-state index contributed by atoms with van der Waals surface area (Å²) in [6.07, 6.45) is 0. The van der Waals surface area contributed by atoms with E-state index in [1.807, 2.05) is 37.4 Å². The molecule has 0 amide bonds. The van der Waals surface area contributed by atoms with Crippen molar-refractivity contribution in [2.45, 2.75) is 0 Å². The Morgan fingerprint density at radius 2 is 1.90 bits per heavy atom. The number of anilines is 1. The lowest BCUT2D eigenvalue weighted by molar-refractivity contribution is 0.404. The van der Waals surface area contributed by atoms with Gasteiger partial charge in [0.15, 0.2) is 5.65 Å². The van der Waals surface area contributed by atoms with Crippen molar-refractivity contribution >= 4 is 17.0 Å². The Labute approximate surface area is 122 Å². The number of hydrogen-bond donors (Lipinski definition) is 2. The predicted molar refractivity (Wildman–Crippen MR) is 82.0 cm³/mol. The second-order valence-corrected chi connectivity index (χ2v) is 4.47. The van der Waals surface area contributed by atoms with Gasteiger partial charge in [-0.15, -0.1) is 0 Å². The third-order valence-corrected chi connectivity index (χ3v) is 3.26. The van der Waals surface area contributed by atoms with Crippen LogP contribution < -0.4 is 14.8 Å². The maximum absolute atomic E-state index is 5.39. The SMILES string of the molecule is CNc1ccc2[nH]c(-c3cc(OC)ccc3OC)nc2n1. The molecule has 108 valence electrons. The lowest BCUT2D eigenvalue weighted by Gasteiger charge is -2.08. The minimum atomic E-state index is 0.654. The number of rotatable bonds is 4. The molecule has 0 aliphatic heterocycles. The van der Waals surface area contributed by atoms with Crippen molar-refractivity contribution in [3.8, 4) is 22.9 Å². The van der Waals surface area contributed by atoms with E-state index in [0.29, 0.717) is 11.5 Å². The predicted octanol–water partition coefficient (Wildman–Crippen LogP) is 2.68. The largest absolute Gasteiger partial charge is 0.497 e. The summed E-state index contributed by atoms with van der Waals surface area (Å²) in [5, 5.41) is 3.00. The molecule has 0 saturated carbocycles. The smallest absolute Gasteiger partial charge is 0.180 e. The molecule has 0 saturated heterocycles. The van der Waals surface area contributed by atoms with Crippen LogP contribution in [0, 0.1) is 0 Å². The fourth-order valence-electron chi connectivity index (χ4n) is 2.16. The molecule has 3 rings (SSSR count). The summed E-state index contributed by atoms with van der Waals surface area (Å²) in [7, 11) is 5.09. The molecule has 2 N–H and O–H groups in total. The van der Waals surface area contributed by atoms with E-state index in [1.165, 1.54) is 0 Å². The zero-order chi connectivity index (χ0) is 14.8. The first-order valence-electron chi connectivity index (χ1n) is 6.52. The van der Waals surface area contributed by atoms with Crippen LogP contribution in [0.25, 0.3) is 22.6 Å². The highest BCUT2D eigenvalue weighted by Crippen LogP contribution is 2.32. The van der Waals surface area contributed by atoms with Crippen LogP contribution in [0.2, 0.25) is 0 Å². The van der Waals surface area contributed by atoms with E-state index < -0.39 is 0 Å². The highest BCUT2D eigenvalue weighted by molar-refractivity contribution is 5.79. The number of pyridine rings is 1. The molecular formula is C15H16N4O2. The summed E-state index contributed by atoms with van der Waals surface area (Å²) >= 11 is 0. The molecule has 0 atom stereocenters. The number of hydrogen-bond acceptors (Lipinski definition) is 5. The third-order valence-electron chi connectivity index (χ3n) is 3.26. The van der Waals surface area contributed by atoms with Crippen LogP contribution in [-0.4, -0.2) is 36.2 Å². The highest BCUT2D eigenvalue weighted by atomic mass is 16.5. The van der Waals surface area contributed by atoms with Gasteiger partial charge in [0.25, 0.3) is 0 Å². The number of imidazole rings is 1. The molecular weight excluding hydrogens is 268 g/mol. The van der Waals surface area contributed by atoms with E-state index in [4.69, 9.17) is 9.47 Å². The van der Waals surface area contributed by atoms with E-state index in [2.05, 4.69) is 20.3 Å². The van der Waals surface area contributed by atoms with Gasteiger partial charge in [-0.3, -0.25) is 0 Å². The first-order valence-corrected chi connectivity index (χ1v) is 6.52. The summed E-state index contributed by atoms with van der Waals surface area (Å²) < 4.78 is 10.7. The van der Waals surface area contributed by atoms with Gasteiger partial charge in [-0.25, -0.2) is 9.97 Å². The van der Waals surface area contributed by atoms with Crippen molar-refractivity contribution < 1.29 is 9.47 Å². The normalized spacial score (nSPS) is 10.6. The Kier molecular flexibility index (Phi) is 3.35.